The lowest BCUT2D eigenvalue weighted by Gasteiger charge is -2.25. The monoisotopic (exact) mass is 412 g/mol. The first-order chi connectivity index (χ1) is 14.4. The molecule has 1 aromatic heterocycles. The number of aromatic nitrogens is 1. The number of H-pyrrole nitrogens is 1. The number of pyridine rings is 1. The molecular weight excluding hydrogens is 384 g/mol. The number of hydrogen-bond donors (Lipinski definition) is 1. The van der Waals surface area contributed by atoms with E-state index in [-0.39, 0.29) is 16.6 Å². The van der Waals surface area contributed by atoms with Gasteiger partial charge in [0.25, 0.3) is 5.69 Å². The third kappa shape index (κ3) is 4.77. The largest absolute Gasteiger partial charge is 0.349 e. The Balaban J connectivity index is 2.02. The van der Waals surface area contributed by atoms with Crippen molar-refractivity contribution in [3.05, 3.63) is 56.7 Å². The Morgan fingerprint density at radius 3 is 2.60 bits per heavy atom. The zero-order chi connectivity index (χ0) is 21.7. The molecule has 0 saturated heterocycles. The second kappa shape index (κ2) is 9.69. The van der Waals surface area contributed by atoms with Crippen LogP contribution >= 0.6 is 0 Å². The molecule has 2 aromatic carbocycles. The number of nitrogens with one attached hydrogen (secondary N) is 1. The summed E-state index contributed by atoms with van der Waals surface area (Å²) < 4.78 is 0. The fraction of sp³-hybridized carbons (Fsp3) is 0.409. The van der Waals surface area contributed by atoms with Crippen molar-refractivity contribution in [2.45, 2.75) is 26.2 Å². The number of unbranched alkanes of at least 4 members (excludes halogenated alkanes) is 1. The lowest BCUT2D eigenvalue weighted by atomic mass is 10.1. The van der Waals surface area contributed by atoms with Gasteiger partial charge in [-0.15, -0.1) is 0 Å². The van der Waals surface area contributed by atoms with Crippen molar-refractivity contribution in [2.24, 2.45) is 0 Å². The van der Waals surface area contributed by atoms with E-state index in [1.165, 1.54) is 12.1 Å². The van der Waals surface area contributed by atoms with Gasteiger partial charge in [0, 0.05) is 18.0 Å². The lowest BCUT2D eigenvalue weighted by molar-refractivity contribution is -0.383. The molecule has 30 heavy (non-hydrogen) atoms. The van der Waals surface area contributed by atoms with Crippen LogP contribution in [0.25, 0.3) is 21.8 Å². The molecule has 0 aliphatic carbocycles. The van der Waals surface area contributed by atoms with Gasteiger partial charge in [0.05, 0.1) is 28.1 Å². The van der Waals surface area contributed by atoms with Crippen molar-refractivity contribution in [3.63, 3.8) is 0 Å². The smallest absolute Gasteiger partial charge is 0.293 e. The zero-order valence-corrected chi connectivity index (χ0v) is 17.7. The fourth-order valence-electron chi connectivity index (χ4n) is 3.39. The average Bonchev–Trinajstić information content (AvgIpc) is 2.72. The van der Waals surface area contributed by atoms with E-state index in [4.69, 9.17) is 4.84 Å². The van der Waals surface area contributed by atoms with Crippen LogP contribution in [0.2, 0.25) is 0 Å². The Hall–Kier alpha value is -2.97. The summed E-state index contributed by atoms with van der Waals surface area (Å²) in [6, 6.07) is 10.00. The van der Waals surface area contributed by atoms with Crippen LogP contribution in [0.15, 0.2) is 41.2 Å². The van der Waals surface area contributed by atoms with Gasteiger partial charge in [-0.25, -0.2) is 0 Å². The van der Waals surface area contributed by atoms with Crippen molar-refractivity contribution in [1.82, 2.24) is 9.88 Å². The second-order valence-electron chi connectivity index (χ2n) is 7.59. The fourth-order valence-corrected chi connectivity index (χ4v) is 3.39. The van der Waals surface area contributed by atoms with Gasteiger partial charge in [-0.2, -0.15) is 0 Å². The highest BCUT2D eigenvalue weighted by atomic mass is 16.7. The number of para-hydroxylation sites is 1. The van der Waals surface area contributed by atoms with Crippen LogP contribution in [0.4, 0.5) is 11.4 Å². The average molecular weight is 412 g/mol. The third-order valence-electron chi connectivity index (χ3n) is 4.99. The summed E-state index contributed by atoms with van der Waals surface area (Å²) in [4.78, 5) is 35.1. The Morgan fingerprint density at radius 1 is 1.10 bits per heavy atom. The molecule has 0 amide bonds. The predicted octanol–water partition coefficient (Wildman–Crippen LogP) is 4.08. The molecule has 3 rings (SSSR count). The molecule has 1 heterocycles. The SMILES string of the molecule is CCCCON(CCCN(C)C)c1ccc2[nH]c3c([N+](=O)[O-])cccc3c(=O)c2c1. The number of hydroxylamine groups is 1. The molecule has 0 saturated carbocycles. The highest BCUT2D eigenvalue weighted by Gasteiger charge is 2.17. The second-order valence-corrected chi connectivity index (χ2v) is 7.59. The molecule has 0 fully saturated rings. The minimum absolute atomic E-state index is 0.108. The van der Waals surface area contributed by atoms with E-state index in [1.807, 2.05) is 25.2 Å². The van der Waals surface area contributed by atoms with Gasteiger partial charge >= 0.3 is 0 Å². The van der Waals surface area contributed by atoms with E-state index >= 15 is 0 Å². The predicted molar refractivity (Wildman–Crippen MR) is 120 cm³/mol. The number of nitro benzene ring substituents is 1. The van der Waals surface area contributed by atoms with Gasteiger partial charge in [0.2, 0.25) is 0 Å². The molecule has 0 aliphatic heterocycles. The Labute approximate surface area is 175 Å². The molecule has 0 atom stereocenters. The summed E-state index contributed by atoms with van der Waals surface area (Å²) in [5.74, 6) is 0. The summed E-state index contributed by atoms with van der Waals surface area (Å²) in [7, 11) is 4.06. The third-order valence-corrected chi connectivity index (χ3v) is 4.99. The minimum atomic E-state index is -0.480. The molecule has 3 aromatic rings. The first-order valence-electron chi connectivity index (χ1n) is 10.2. The topological polar surface area (TPSA) is 91.7 Å². The number of anilines is 1. The molecule has 8 heteroatoms. The Kier molecular flexibility index (Phi) is 7.02. The molecule has 0 unspecified atom stereocenters. The van der Waals surface area contributed by atoms with E-state index < -0.39 is 4.92 Å². The van der Waals surface area contributed by atoms with Gasteiger partial charge in [0.1, 0.15) is 5.52 Å². The molecule has 0 aliphatic rings. The van der Waals surface area contributed by atoms with E-state index in [0.29, 0.717) is 29.4 Å². The van der Waals surface area contributed by atoms with Crippen molar-refractivity contribution < 1.29 is 9.76 Å². The summed E-state index contributed by atoms with van der Waals surface area (Å²) in [6.45, 7) is 4.34. The maximum Gasteiger partial charge on any atom is 0.293 e. The van der Waals surface area contributed by atoms with Crippen LogP contribution in [0.5, 0.6) is 0 Å². The van der Waals surface area contributed by atoms with Crippen molar-refractivity contribution in [3.8, 4) is 0 Å². The normalized spacial score (nSPS) is 11.5. The van der Waals surface area contributed by atoms with Crippen LogP contribution in [0.3, 0.4) is 0 Å². The number of nitrogens with zero attached hydrogens (tertiary/aromatic N) is 3. The summed E-state index contributed by atoms with van der Waals surface area (Å²) in [5, 5.41) is 14.0. The number of rotatable bonds is 10. The van der Waals surface area contributed by atoms with Gasteiger partial charge in [-0.3, -0.25) is 24.8 Å². The number of non-ortho nitro benzene ring substituents is 1. The molecule has 0 radical (unpaired) electrons. The molecule has 8 nitrogen and oxygen atoms in total. The standard InChI is InChI=1S/C22H28N4O4/c1-4-5-14-30-25(13-7-12-24(2)3)16-10-11-19-18(15-16)22(27)17-8-6-9-20(26(28)29)21(17)23-19/h6,8-11,15H,4-5,7,12-14H2,1-3H3,(H,23,27). The zero-order valence-electron chi connectivity index (χ0n) is 17.7. The van der Waals surface area contributed by atoms with Gasteiger partial charge in [0.15, 0.2) is 5.43 Å². The van der Waals surface area contributed by atoms with Crippen LogP contribution in [0, 0.1) is 10.1 Å². The molecule has 0 spiro atoms. The summed E-state index contributed by atoms with van der Waals surface area (Å²) >= 11 is 0. The van der Waals surface area contributed by atoms with Crippen molar-refractivity contribution in [2.75, 3.05) is 38.9 Å². The molecule has 1 N–H and O–H groups in total. The number of fused-ring (bicyclic) bond motifs is 2. The Bertz CT molecular complexity index is 1090. The van der Waals surface area contributed by atoms with Crippen LogP contribution in [-0.4, -0.2) is 48.6 Å². The summed E-state index contributed by atoms with van der Waals surface area (Å²) in [5.41, 5.74) is 1.27. The number of hydrogen-bond acceptors (Lipinski definition) is 6. The lowest BCUT2D eigenvalue weighted by Crippen LogP contribution is -2.28. The van der Waals surface area contributed by atoms with E-state index in [0.717, 1.165) is 31.5 Å². The first-order valence-corrected chi connectivity index (χ1v) is 10.2. The first kappa shape index (κ1) is 21.7. The molecular formula is C22H28N4O4. The number of nitro groups is 1. The highest BCUT2D eigenvalue weighted by Crippen LogP contribution is 2.26. The van der Waals surface area contributed by atoms with E-state index in [2.05, 4.69) is 16.8 Å². The minimum Gasteiger partial charge on any atom is -0.349 e. The van der Waals surface area contributed by atoms with Crippen LogP contribution in [-0.2, 0) is 4.84 Å². The van der Waals surface area contributed by atoms with Gasteiger partial charge in [-0.1, -0.05) is 19.4 Å². The highest BCUT2D eigenvalue weighted by molar-refractivity contribution is 5.97. The van der Waals surface area contributed by atoms with Gasteiger partial charge < -0.3 is 9.88 Å². The van der Waals surface area contributed by atoms with Crippen LogP contribution in [0.1, 0.15) is 26.2 Å². The summed E-state index contributed by atoms with van der Waals surface area (Å²) in [6.07, 6.45) is 2.90. The van der Waals surface area contributed by atoms with E-state index in [9.17, 15) is 14.9 Å². The van der Waals surface area contributed by atoms with Crippen molar-refractivity contribution in [1.29, 1.82) is 0 Å². The Morgan fingerprint density at radius 2 is 1.90 bits per heavy atom. The van der Waals surface area contributed by atoms with Gasteiger partial charge in [-0.05, 0) is 57.7 Å². The van der Waals surface area contributed by atoms with Crippen molar-refractivity contribution >= 4 is 33.2 Å². The maximum atomic E-state index is 13.1. The quantitative estimate of drug-likeness (QED) is 0.233. The maximum absolute atomic E-state index is 13.1. The molecule has 0 bridgehead atoms. The van der Waals surface area contributed by atoms with Crippen LogP contribution < -0.4 is 10.5 Å². The molecule has 160 valence electrons. The number of benzene rings is 2. The van der Waals surface area contributed by atoms with E-state index in [1.54, 1.807) is 18.2 Å². The number of aromatic amines is 1.